The summed E-state index contributed by atoms with van der Waals surface area (Å²) in [4.78, 5) is 6.62. The quantitative estimate of drug-likeness (QED) is 0.396. The number of primary sulfonamides is 1. The van der Waals surface area contributed by atoms with Crippen LogP contribution < -0.4 is 26.5 Å². The van der Waals surface area contributed by atoms with E-state index in [0.717, 1.165) is 16.8 Å². The molecule has 1 aliphatic rings. The van der Waals surface area contributed by atoms with E-state index in [4.69, 9.17) is 20.3 Å². The van der Waals surface area contributed by atoms with Crippen molar-refractivity contribution in [2.45, 2.75) is 11.1 Å². The molecule has 178 valence electrons. The minimum absolute atomic E-state index is 0.00488. The molecule has 1 aliphatic heterocycles. The van der Waals surface area contributed by atoms with Crippen molar-refractivity contribution < 1.29 is 12.8 Å². The van der Waals surface area contributed by atoms with Gasteiger partial charge in [0.2, 0.25) is 15.6 Å². The summed E-state index contributed by atoms with van der Waals surface area (Å²) in [5.41, 5.74) is 10.6. The fourth-order valence-corrected chi connectivity index (χ4v) is 5.23. The van der Waals surface area contributed by atoms with E-state index in [0.29, 0.717) is 22.2 Å². The van der Waals surface area contributed by atoms with Crippen LogP contribution in [0.15, 0.2) is 118 Å². The van der Waals surface area contributed by atoms with Gasteiger partial charge in [0.25, 0.3) is 0 Å². The molecule has 8 heteroatoms. The third kappa shape index (κ3) is 3.73. The van der Waals surface area contributed by atoms with Gasteiger partial charge >= 0.3 is 0 Å². The van der Waals surface area contributed by atoms with Gasteiger partial charge in [-0.1, -0.05) is 66.7 Å². The number of anilines is 1. The molecule has 5 aromatic rings. The Balaban J connectivity index is 1.47. The van der Waals surface area contributed by atoms with Crippen LogP contribution in [0.1, 0.15) is 11.7 Å². The van der Waals surface area contributed by atoms with Gasteiger partial charge in [0.05, 0.1) is 16.4 Å². The molecule has 36 heavy (non-hydrogen) atoms. The van der Waals surface area contributed by atoms with Crippen LogP contribution in [0.4, 0.5) is 5.69 Å². The van der Waals surface area contributed by atoms with Crippen molar-refractivity contribution in [3.8, 4) is 11.1 Å². The zero-order valence-corrected chi connectivity index (χ0v) is 19.9. The number of nitrogens with two attached hydrogens (primary N) is 2. The highest BCUT2D eigenvalue weighted by Gasteiger charge is 2.28. The maximum Gasteiger partial charge on any atom is 0.238 e. The second kappa shape index (κ2) is 8.37. The zero-order chi connectivity index (χ0) is 24.9. The lowest BCUT2D eigenvalue weighted by atomic mass is 9.98. The van der Waals surface area contributed by atoms with Crippen LogP contribution in [-0.2, 0) is 10.0 Å². The third-order valence-corrected chi connectivity index (χ3v) is 7.31. The third-order valence-electron chi connectivity index (χ3n) is 6.40. The van der Waals surface area contributed by atoms with Crippen molar-refractivity contribution in [3.05, 3.63) is 120 Å². The largest absolute Gasteiger partial charge is 0.446 e. The molecule has 4 N–H and O–H groups in total. The summed E-state index contributed by atoms with van der Waals surface area (Å²) in [7, 11) is -3.89. The first kappa shape index (κ1) is 22.1. The molecule has 0 bridgehead atoms. The second-order valence-electron chi connectivity index (χ2n) is 8.59. The van der Waals surface area contributed by atoms with Gasteiger partial charge in [0.15, 0.2) is 6.17 Å². The Morgan fingerprint density at radius 3 is 2.42 bits per heavy atom. The minimum atomic E-state index is -3.89. The average molecular weight is 495 g/mol. The van der Waals surface area contributed by atoms with Crippen LogP contribution in [0.2, 0.25) is 0 Å². The molecule has 1 aromatic heterocycles. The predicted octanol–water partition coefficient (Wildman–Crippen LogP) is 3.61. The standard InChI is InChI=1S/C28H22N4O3S/c29-26-25-15-16-35-28(25)31-27(20-7-3-8-22(17-20)36(30,33)34)32(26)21-13-11-19(12-14-21)24-10-4-6-18-5-1-2-9-23(18)24/h1-17,27H,29H2,(H2,30,33,34). The molecule has 1 atom stereocenters. The van der Waals surface area contributed by atoms with E-state index in [1.54, 1.807) is 18.2 Å². The van der Waals surface area contributed by atoms with Crippen molar-refractivity contribution in [1.29, 1.82) is 0 Å². The maximum absolute atomic E-state index is 12.0. The van der Waals surface area contributed by atoms with Crippen LogP contribution >= 0.6 is 0 Å². The smallest absolute Gasteiger partial charge is 0.238 e. The second-order valence-corrected chi connectivity index (χ2v) is 10.1. The molecule has 0 saturated carbocycles. The fourth-order valence-electron chi connectivity index (χ4n) is 4.66. The molecule has 0 amide bonds. The number of fused-ring (bicyclic) bond motifs is 2. The van der Waals surface area contributed by atoms with Crippen molar-refractivity contribution >= 4 is 32.3 Å². The van der Waals surface area contributed by atoms with Crippen LogP contribution in [0.25, 0.3) is 27.7 Å². The number of hydrogen-bond donors (Lipinski definition) is 2. The molecule has 0 aliphatic carbocycles. The van der Waals surface area contributed by atoms with Crippen LogP contribution in [0.5, 0.6) is 0 Å². The highest BCUT2D eigenvalue weighted by molar-refractivity contribution is 7.89. The van der Waals surface area contributed by atoms with E-state index in [9.17, 15) is 8.42 Å². The number of sulfonamides is 1. The van der Waals surface area contributed by atoms with E-state index >= 15 is 0 Å². The first-order valence-corrected chi connectivity index (χ1v) is 12.9. The molecular formula is C28H22N4O3S. The summed E-state index contributed by atoms with van der Waals surface area (Å²) < 4.78 is 29.5. The Labute approximate surface area is 207 Å². The van der Waals surface area contributed by atoms with Gasteiger partial charge in [-0.05, 0) is 57.8 Å². The monoisotopic (exact) mass is 494 g/mol. The Hall–Kier alpha value is -4.40. The summed E-state index contributed by atoms with van der Waals surface area (Å²) in [6.07, 6.45) is 0.889. The molecule has 0 radical (unpaired) electrons. The minimum Gasteiger partial charge on any atom is -0.446 e. The molecule has 0 saturated heterocycles. The molecular weight excluding hydrogens is 472 g/mol. The summed E-state index contributed by atoms with van der Waals surface area (Å²) in [5.74, 6) is 0.456. The van der Waals surface area contributed by atoms with Gasteiger partial charge in [0.1, 0.15) is 5.82 Å². The SMILES string of the molecule is NC1=c2ccoc2=NC(c2cccc(S(N)(=O)=O)c2)N1c1ccc(-c2cccc3ccccc23)cc1. The molecule has 2 heterocycles. The highest BCUT2D eigenvalue weighted by Crippen LogP contribution is 2.35. The first-order valence-electron chi connectivity index (χ1n) is 11.3. The molecule has 4 aromatic carbocycles. The first-order chi connectivity index (χ1) is 17.4. The summed E-state index contributed by atoms with van der Waals surface area (Å²) in [5, 5.41) is 8.40. The highest BCUT2D eigenvalue weighted by atomic mass is 32.2. The molecule has 0 fully saturated rings. The van der Waals surface area contributed by atoms with Gasteiger partial charge in [-0.2, -0.15) is 0 Å². The van der Waals surface area contributed by atoms with Crippen molar-refractivity contribution in [2.24, 2.45) is 15.9 Å². The molecule has 0 spiro atoms. The van der Waals surface area contributed by atoms with E-state index in [-0.39, 0.29) is 4.90 Å². The van der Waals surface area contributed by atoms with Gasteiger partial charge in [-0.25, -0.2) is 18.5 Å². The Morgan fingerprint density at radius 1 is 0.861 bits per heavy atom. The lowest BCUT2D eigenvalue weighted by Crippen LogP contribution is -2.43. The summed E-state index contributed by atoms with van der Waals surface area (Å²) in [6.45, 7) is 0. The lowest BCUT2D eigenvalue weighted by Gasteiger charge is -2.33. The van der Waals surface area contributed by atoms with Gasteiger partial charge < -0.3 is 15.1 Å². The van der Waals surface area contributed by atoms with E-state index in [2.05, 4.69) is 30.3 Å². The topological polar surface area (TPSA) is 115 Å². The number of furan rings is 1. The maximum atomic E-state index is 12.0. The van der Waals surface area contributed by atoms with E-state index in [1.807, 2.05) is 41.3 Å². The van der Waals surface area contributed by atoms with Crippen molar-refractivity contribution in [2.75, 3.05) is 4.90 Å². The number of rotatable bonds is 4. The van der Waals surface area contributed by atoms with Gasteiger partial charge in [0, 0.05) is 5.69 Å². The van der Waals surface area contributed by atoms with Crippen LogP contribution in [-0.4, -0.2) is 8.42 Å². The summed E-state index contributed by atoms with van der Waals surface area (Å²) in [6, 6.07) is 30.8. The number of hydrogen-bond acceptors (Lipinski definition) is 6. The van der Waals surface area contributed by atoms with Gasteiger partial charge in [-0.3, -0.25) is 0 Å². The Bertz CT molecular complexity index is 1840. The molecule has 7 nitrogen and oxygen atoms in total. The Kier molecular flexibility index (Phi) is 5.13. The fraction of sp³-hybridized carbons (Fsp3) is 0.0357. The molecule has 6 rings (SSSR count). The van der Waals surface area contributed by atoms with E-state index in [1.165, 1.54) is 29.2 Å². The van der Waals surface area contributed by atoms with Gasteiger partial charge in [-0.15, -0.1) is 0 Å². The van der Waals surface area contributed by atoms with Crippen LogP contribution in [0, 0.1) is 0 Å². The Morgan fingerprint density at radius 2 is 1.61 bits per heavy atom. The number of nitrogens with zero attached hydrogens (tertiary/aromatic N) is 2. The van der Waals surface area contributed by atoms with Crippen LogP contribution in [0.3, 0.4) is 0 Å². The van der Waals surface area contributed by atoms with E-state index < -0.39 is 16.2 Å². The average Bonchev–Trinajstić information content (AvgIpc) is 3.37. The number of benzene rings is 4. The molecule has 1 unspecified atom stereocenters. The van der Waals surface area contributed by atoms with Crippen molar-refractivity contribution in [1.82, 2.24) is 0 Å². The lowest BCUT2D eigenvalue weighted by molar-refractivity contribution is 0.483. The predicted molar refractivity (Wildman–Crippen MR) is 140 cm³/mol. The van der Waals surface area contributed by atoms with Crippen molar-refractivity contribution in [3.63, 3.8) is 0 Å². The summed E-state index contributed by atoms with van der Waals surface area (Å²) >= 11 is 0. The zero-order valence-electron chi connectivity index (χ0n) is 19.1. The normalized spacial score (nSPS) is 15.5.